The van der Waals surface area contributed by atoms with Gasteiger partial charge in [-0.15, -0.1) is 0 Å². The van der Waals surface area contributed by atoms with Crippen molar-refractivity contribution in [1.29, 1.82) is 0 Å². The van der Waals surface area contributed by atoms with Gasteiger partial charge in [0.15, 0.2) is 0 Å². The minimum Gasteiger partial charge on any atom is -0.478 e. The summed E-state index contributed by atoms with van der Waals surface area (Å²) in [6.07, 6.45) is 0. The van der Waals surface area contributed by atoms with Crippen molar-refractivity contribution >= 4 is 46.9 Å². The van der Waals surface area contributed by atoms with E-state index in [1.54, 1.807) is 0 Å². The fraction of sp³-hybridized carbons (Fsp3) is 0.100. The Bertz CT molecular complexity index is 531. The van der Waals surface area contributed by atoms with Gasteiger partial charge in [-0.05, 0) is 30.1 Å². The van der Waals surface area contributed by atoms with Crippen LogP contribution in [0.3, 0.4) is 0 Å². The average molecular weight is 272 g/mol. The molecule has 1 aromatic rings. The average Bonchev–Trinajstić information content (AvgIpc) is 2.59. The Morgan fingerprint density at radius 3 is 2.59 bits per heavy atom. The Morgan fingerprint density at radius 2 is 2.06 bits per heavy atom. The van der Waals surface area contributed by atoms with E-state index in [-0.39, 0.29) is 16.3 Å². The molecule has 1 N–H and O–H groups in total. The van der Waals surface area contributed by atoms with Crippen LogP contribution in [0.5, 0.6) is 0 Å². The number of amides is 1. The van der Waals surface area contributed by atoms with E-state index in [2.05, 4.69) is 0 Å². The number of benzene rings is 1. The highest BCUT2D eigenvalue weighted by molar-refractivity contribution is 8.03. The minimum absolute atomic E-state index is 0.0275. The summed E-state index contributed by atoms with van der Waals surface area (Å²) in [7, 11) is 0. The van der Waals surface area contributed by atoms with Crippen molar-refractivity contribution in [2.75, 3.05) is 10.1 Å². The highest BCUT2D eigenvalue weighted by Crippen LogP contribution is 2.31. The molecule has 0 spiro atoms. The number of rotatable bonds is 2. The van der Waals surface area contributed by atoms with E-state index < -0.39 is 17.7 Å². The maximum absolute atomic E-state index is 11.5. The monoisotopic (exact) mass is 271 g/mol. The van der Waals surface area contributed by atoms with Crippen LogP contribution in [0.1, 0.15) is 10.4 Å². The molecular formula is C10H6ClNO4S. The third-order valence-electron chi connectivity index (χ3n) is 2.11. The maximum atomic E-state index is 11.5. The number of carboxylic acids is 1. The summed E-state index contributed by atoms with van der Waals surface area (Å²) >= 11 is 6.78. The van der Waals surface area contributed by atoms with Gasteiger partial charge < -0.3 is 5.11 Å². The number of aromatic carboxylic acids is 1. The zero-order valence-electron chi connectivity index (χ0n) is 8.34. The lowest BCUT2D eigenvalue weighted by atomic mass is 10.2. The molecule has 1 saturated heterocycles. The molecule has 0 radical (unpaired) electrons. The van der Waals surface area contributed by atoms with Crippen molar-refractivity contribution in [1.82, 2.24) is 0 Å². The number of hydrogen-bond acceptors (Lipinski definition) is 4. The lowest BCUT2D eigenvalue weighted by Crippen LogP contribution is -2.23. The summed E-state index contributed by atoms with van der Waals surface area (Å²) in [5.41, 5.74) is 0.274. The number of ketones is 1. The minimum atomic E-state index is -1.14. The normalized spacial score (nSPS) is 15.5. The smallest absolute Gasteiger partial charge is 0.335 e. The fourth-order valence-corrected chi connectivity index (χ4v) is 2.44. The lowest BCUT2D eigenvalue weighted by Gasteiger charge is -2.13. The van der Waals surface area contributed by atoms with Crippen molar-refractivity contribution in [3.63, 3.8) is 0 Å². The molecule has 1 aliphatic rings. The van der Waals surface area contributed by atoms with Gasteiger partial charge in [0.1, 0.15) is 0 Å². The Hall–Kier alpha value is -1.53. The zero-order valence-corrected chi connectivity index (χ0v) is 9.92. The van der Waals surface area contributed by atoms with Crippen LogP contribution in [-0.2, 0) is 9.59 Å². The Morgan fingerprint density at radius 1 is 1.35 bits per heavy atom. The molecule has 0 saturated carbocycles. The first-order valence-corrected chi connectivity index (χ1v) is 5.85. The zero-order chi connectivity index (χ0) is 12.6. The van der Waals surface area contributed by atoms with Crippen molar-refractivity contribution in [3.05, 3.63) is 28.8 Å². The Balaban J connectivity index is 2.42. The van der Waals surface area contributed by atoms with E-state index in [4.69, 9.17) is 16.7 Å². The van der Waals surface area contributed by atoms with E-state index in [0.29, 0.717) is 5.69 Å². The molecule has 0 aliphatic carbocycles. The van der Waals surface area contributed by atoms with E-state index in [0.717, 1.165) is 16.3 Å². The van der Waals surface area contributed by atoms with Gasteiger partial charge in [0.05, 0.1) is 17.0 Å². The van der Waals surface area contributed by atoms with Gasteiger partial charge in [-0.25, -0.2) is 9.10 Å². The second-order valence-corrected chi connectivity index (χ2v) is 4.65. The van der Waals surface area contributed by atoms with Gasteiger partial charge >= 0.3 is 11.9 Å². The summed E-state index contributed by atoms with van der Waals surface area (Å²) in [6, 6.07) is 4.02. The van der Waals surface area contributed by atoms with E-state index in [1.807, 2.05) is 0 Å². The first-order chi connectivity index (χ1) is 7.99. The van der Waals surface area contributed by atoms with Crippen molar-refractivity contribution in [3.8, 4) is 0 Å². The second-order valence-electron chi connectivity index (χ2n) is 3.30. The number of hydrogen-bond donors (Lipinski definition) is 1. The second kappa shape index (κ2) is 4.38. The molecule has 0 atom stereocenters. The molecule has 2 rings (SSSR count). The molecule has 0 unspecified atom stereocenters. The maximum Gasteiger partial charge on any atom is 0.335 e. The number of Topliss-reactive ketones (excluding diaryl/α,β-unsaturated/α-hetero) is 1. The van der Waals surface area contributed by atoms with Crippen molar-refractivity contribution in [2.24, 2.45) is 0 Å². The number of nitrogens with zero attached hydrogens (tertiary/aromatic N) is 1. The molecule has 1 fully saturated rings. The van der Waals surface area contributed by atoms with Crippen molar-refractivity contribution in [2.45, 2.75) is 0 Å². The fourth-order valence-electron chi connectivity index (χ4n) is 1.36. The molecule has 7 heteroatoms. The molecule has 1 aromatic carbocycles. The number of carbonyl (C=O) groups excluding carboxylic acids is 2. The highest BCUT2D eigenvalue weighted by Gasteiger charge is 2.32. The standard InChI is InChI=1S/C10H6ClNO4S/c11-6-1-5(10(15)16)2-7(3-6)12-9(14)8(13)4-17-12/h1-3H,4H2,(H,15,16). The van der Waals surface area contributed by atoms with E-state index >= 15 is 0 Å². The molecule has 0 aromatic heterocycles. The summed E-state index contributed by atoms with van der Waals surface area (Å²) in [5.74, 6) is -2.24. The molecule has 1 amide bonds. The quantitative estimate of drug-likeness (QED) is 0.653. The van der Waals surface area contributed by atoms with Crippen LogP contribution in [0.4, 0.5) is 5.69 Å². The predicted molar refractivity (Wildman–Crippen MR) is 63.4 cm³/mol. The molecule has 1 heterocycles. The van der Waals surface area contributed by atoms with Crippen LogP contribution in [0.2, 0.25) is 5.02 Å². The number of anilines is 1. The summed E-state index contributed by atoms with van der Waals surface area (Å²) in [6.45, 7) is 0. The summed E-state index contributed by atoms with van der Waals surface area (Å²) < 4.78 is 1.15. The molecular weight excluding hydrogens is 266 g/mol. The van der Waals surface area contributed by atoms with Gasteiger partial charge in [-0.1, -0.05) is 11.6 Å². The number of halogens is 1. The van der Waals surface area contributed by atoms with Gasteiger partial charge in [0.25, 0.3) is 0 Å². The van der Waals surface area contributed by atoms with E-state index in [9.17, 15) is 14.4 Å². The third-order valence-corrected chi connectivity index (χ3v) is 3.36. The lowest BCUT2D eigenvalue weighted by molar-refractivity contribution is -0.133. The molecule has 17 heavy (non-hydrogen) atoms. The SMILES string of the molecule is O=C1CSN(c2cc(Cl)cc(C(=O)O)c2)C1=O. The molecule has 1 aliphatic heterocycles. The van der Waals surface area contributed by atoms with Crippen LogP contribution in [-0.4, -0.2) is 28.5 Å². The molecule has 5 nitrogen and oxygen atoms in total. The molecule has 0 bridgehead atoms. The Kier molecular flexibility index (Phi) is 3.08. The summed E-state index contributed by atoms with van der Waals surface area (Å²) in [5, 5.41) is 9.06. The van der Waals surface area contributed by atoms with Gasteiger partial charge in [-0.3, -0.25) is 9.59 Å². The van der Waals surface area contributed by atoms with Crippen LogP contribution >= 0.6 is 23.5 Å². The van der Waals surface area contributed by atoms with Gasteiger partial charge in [0.2, 0.25) is 5.78 Å². The van der Waals surface area contributed by atoms with E-state index in [1.165, 1.54) is 18.2 Å². The first-order valence-electron chi connectivity index (χ1n) is 4.53. The van der Waals surface area contributed by atoms with Crippen LogP contribution in [0.15, 0.2) is 18.2 Å². The molecule has 88 valence electrons. The van der Waals surface area contributed by atoms with Crippen molar-refractivity contribution < 1.29 is 19.5 Å². The first kappa shape index (κ1) is 11.9. The van der Waals surface area contributed by atoms with Gasteiger partial charge in [-0.2, -0.15) is 0 Å². The Labute approximate surface area is 105 Å². The highest BCUT2D eigenvalue weighted by atomic mass is 35.5. The van der Waals surface area contributed by atoms with Gasteiger partial charge in [0, 0.05) is 5.02 Å². The number of carboxylic acid groups (broad SMARTS) is 1. The third kappa shape index (κ3) is 2.27. The predicted octanol–water partition coefficient (Wildman–Crippen LogP) is 1.60. The summed E-state index contributed by atoms with van der Waals surface area (Å²) in [4.78, 5) is 33.4. The van der Waals surface area contributed by atoms with Crippen LogP contribution < -0.4 is 4.31 Å². The topological polar surface area (TPSA) is 74.7 Å². The van der Waals surface area contributed by atoms with Crippen LogP contribution in [0.25, 0.3) is 0 Å². The largest absolute Gasteiger partial charge is 0.478 e. The van der Waals surface area contributed by atoms with Crippen LogP contribution in [0, 0.1) is 0 Å². The number of carbonyl (C=O) groups is 3.